The van der Waals surface area contributed by atoms with Crippen LogP contribution in [-0.2, 0) is 0 Å². The molecule has 3 aromatic carbocycles. The second kappa shape index (κ2) is 12.8. The number of nitrogens with zero attached hydrogens (tertiary/aromatic N) is 3. The molecule has 6 rings (SSSR count). The topological polar surface area (TPSA) is 29.7 Å². The number of halogens is 4. The van der Waals surface area contributed by atoms with E-state index < -0.39 is 7.25 Å². The van der Waals surface area contributed by atoms with Crippen LogP contribution in [0.3, 0.4) is 0 Å². The van der Waals surface area contributed by atoms with Gasteiger partial charge in [-0.15, -0.1) is 0 Å². The molecule has 3 heterocycles. The molecule has 3 nitrogen and oxygen atoms in total. The Morgan fingerprint density at radius 1 is 0.442 bits per heavy atom. The first-order chi connectivity index (χ1) is 20.7. The van der Waals surface area contributed by atoms with Crippen molar-refractivity contribution in [2.45, 2.75) is 13.8 Å². The summed E-state index contributed by atoms with van der Waals surface area (Å²) in [7, 11) is -6.00. The monoisotopic (exact) mass is 577 g/mol. The van der Waals surface area contributed by atoms with Crippen LogP contribution in [0.5, 0.6) is 0 Å². The summed E-state index contributed by atoms with van der Waals surface area (Å²) in [5, 5.41) is 0. The van der Waals surface area contributed by atoms with E-state index in [0.29, 0.717) is 0 Å². The third kappa shape index (κ3) is 7.60. The van der Waals surface area contributed by atoms with Crippen LogP contribution >= 0.6 is 0 Å². The Balaban J connectivity index is 0.000000682. The van der Waals surface area contributed by atoms with E-state index in [0.717, 1.165) is 33.8 Å². The average Bonchev–Trinajstić information content (AvgIpc) is 3.01. The predicted molar refractivity (Wildman–Crippen MR) is 165 cm³/mol. The van der Waals surface area contributed by atoms with Crippen molar-refractivity contribution in [3.8, 4) is 50.5 Å². The fourth-order valence-electron chi connectivity index (χ4n) is 4.81. The quantitative estimate of drug-likeness (QED) is 0.116. The van der Waals surface area contributed by atoms with Crippen molar-refractivity contribution in [3.05, 3.63) is 145 Å². The summed E-state index contributed by atoms with van der Waals surface area (Å²) < 4.78 is 41.3. The third-order valence-corrected chi connectivity index (χ3v) is 6.91. The lowest BCUT2D eigenvalue weighted by atomic mass is 9.96. The van der Waals surface area contributed by atoms with E-state index in [9.17, 15) is 17.3 Å². The minimum Gasteiger partial charge on any atom is -0.418 e. The standard InChI is InChI=1S/C35H28N3.BF4/c1-25-3-7-30(8-4-25)34-23-32(28-13-11-27(12-14-28)29-15-19-36-20-16-29)24-35(31-9-5-26(2)6-10-31)38(34)33-17-21-37-22-18-33;2-1(3,4)5/h3-24H,1-2H3;/q+1;-1. The molecule has 0 aliphatic heterocycles. The molecule has 8 heteroatoms. The summed E-state index contributed by atoms with van der Waals surface area (Å²) in [5.74, 6) is 0. The molecule has 0 bridgehead atoms. The van der Waals surface area contributed by atoms with Gasteiger partial charge in [0.1, 0.15) is 0 Å². The van der Waals surface area contributed by atoms with E-state index in [4.69, 9.17) is 0 Å². The van der Waals surface area contributed by atoms with Gasteiger partial charge in [0, 0.05) is 60.2 Å². The molecule has 0 radical (unpaired) electrons. The molecule has 0 saturated carbocycles. The molecule has 0 fully saturated rings. The summed E-state index contributed by atoms with van der Waals surface area (Å²) in [6.07, 6.45) is 7.37. The molecular weight excluding hydrogens is 549 g/mol. The molecule has 3 aromatic heterocycles. The third-order valence-electron chi connectivity index (χ3n) is 6.91. The number of pyridine rings is 3. The first-order valence-electron chi connectivity index (χ1n) is 13.7. The van der Waals surface area contributed by atoms with Gasteiger partial charge in [-0.2, -0.15) is 4.57 Å². The number of hydrogen-bond acceptors (Lipinski definition) is 2. The largest absolute Gasteiger partial charge is 0.673 e. The summed E-state index contributed by atoms with van der Waals surface area (Å²) >= 11 is 0. The highest BCUT2D eigenvalue weighted by molar-refractivity contribution is 6.50. The zero-order valence-corrected chi connectivity index (χ0v) is 23.6. The van der Waals surface area contributed by atoms with E-state index in [-0.39, 0.29) is 0 Å². The first kappa shape index (κ1) is 29.4. The molecule has 0 saturated heterocycles. The highest BCUT2D eigenvalue weighted by Gasteiger charge is 2.25. The smallest absolute Gasteiger partial charge is 0.418 e. The molecule has 0 aliphatic carbocycles. The van der Waals surface area contributed by atoms with Crippen LogP contribution < -0.4 is 4.57 Å². The van der Waals surface area contributed by atoms with Gasteiger partial charge in [-0.3, -0.25) is 9.97 Å². The number of rotatable bonds is 5. The van der Waals surface area contributed by atoms with Crippen LogP contribution in [0.2, 0.25) is 0 Å². The molecule has 0 unspecified atom stereocenters. The van der Waals surface area contributed by atoms with E-state index in [1.54, 1.807) is 0 Å². The van der Waals surface area contributed by atoms with Crippen LogP contribution in [0, 0.1) is 13.8 Å². The fraction of sp³-hybridized carbons (Fsp3) is 0.0571. The summed E-state index contributed by atoms with van der Waals surface area (Å²) in [4.78, 5) is 8.43. The van der Waals surface area contributed by atoms with Crippen molar-refractivity contribution >= 4 is 7.25 Å². The SMILES string of the molecule is Cc1ccc(-c2cc(-c3ccc(-c4ccncc4)cc3)cc(-c3ccc(C)cc3)[n+]2-c2ccncc2)cc1.F[B-](F)(F)F. The summed E-state index contributed by atoms with van der Waals surface area (Å²) in [6, 6.07) is 39.1. The van der Waals surface area contributed by atoms with Crippen LogP contribution in [-0.4, -0.2) is 17.2 Å². The van der Waals surface area contributed by atoms with Gasteiger partial charge in [-0.1, -0.05) is 59.7 Å². The summed E-state index contributed by atoms with van der Waals surface area (Å²) in [5.41, 5.74) is 12.8. The van der Waals surface area contributed by atoms with Crippen LogP contribution in [0.25, 0.3) is 50.5 Å². The number of hydrogen-bond donors (Lipinski definition) is 0. The molecule has 0 atom stereocenters. The molecule has 0 N–H and O–H groups in total. The second-order valence-corrected chi connectivity index (χ2v) is 10.1. The van der Waals surface area contributed by atoms with Gasteiger partial charge < -0.3 is 17.3 Å². The van der Waals surface area contributed by atoms with Gasteiger partial charge in [0.15, 0.2) is 0 Å². The molecule has 0 spiro atoms. The van der Waals surface area contributed by atoms with Crippen molar-refractivity contribution in [1.82, 2.24) is 9.97 Å². The van der Waals surface area contributed by atoms with Crippen LogP contribution in [0.4, 0.5) is 17.3 Å². The minimum absolute atomic E-state index is 1.07. The minimum atomic E-state index is -6.00. The average molecular weight is 577 g/mol. The zero-order valence-electron chi connectivity index (χ0n) is 23.6. The molecular formula is C35H28BF4N3. The lowest BCUT2D eigenvalue weighted by Gasteiger charge is -2.13. The van der Waals surface area contributed by atoms with Crippen molar-refractivity contribution in [1.29, 1.82) is 0 Å². The van der Waals surface area contributed by atoms with Crippen LogP contribution in [0.1, 0.15) is 11.1 Å². The normalized spacial score (nSPS) is 11.0. The Bertz CT molecular complexity index is 1720. The lowest BCUT2D eigenvalue weighted by Crippen LogP contribution is -2.36. The van der Waals surface area contributed by atoms with E-state index >= 15 is 0 Å². The maximum atomic E-state index is 9.75. The lowest BCUT2D eigenvalue weighted by molar-refractivity contribution is -0.572. The van der Waals surface area contributed by atoms with Crippen molar-refractivity contribution in [2.24, 2.45) is 0 Å². The number of benzene rings is 3. The highest BCUT2D eigenvalue weighted by atomic mass is 19.5. The van der Waals surface area contributed by atoms with E-state index in [1.165, 1.54) is 27.8 Å². The Labute approximate surface area is 248 Å². The van der Waals surface area contributed by atoms with Gasteiger partial charge in [-0.05, 0) is 72.5 Å². The maximum absolute atomic E-state index is 9.75. The Morgan fingerprint density at radius 3 is 1.19 bits per heavy atom. The van der Waals surface area contributed by atoms with Gasteiger partial charge in [-0.25, -0.2) is 0 Å². The second-order valence-electron chi connectivity index (χ2n) is 10.1. The van der Waals surface area contributed by atoms with Crippen molar-refractivity contribution in [2.75, 3.05) is 0 Å². The van der Waals surface area contributed by atoms with Gasteiger partial charge >= 0.3 is 7.25 Å². The molecule has 0 aliphatic rings. The highest BCUT2D eigenvalue weighted by Crippen LogP contribution is 2.32. The zero-order chi connectivity index (χ0) is 30.4. The van der Waals surface area contributed by atoms with E-state index in [1.807, 2.05) is 36.9 Å². The van der Waals surface area contributed by atoms with Gasteiger partial charge in [0.2, 0.25) is 17.1 Å². The molecule has 0 amide bonds. The molecule has 43 heavy (non-hydrogen) atoms. The Morgan fingerprint density at radius 2 is 0.767 bits per heavy atom. The Kier molecular flexibility index (Phi) is 8.76. The fourth-order valence-corrected chi connectivity index (χ4v) is 4.81. The Hall–Kier alpha value is -5.11. The molecule has 6 aromatic rings. The van der Waals surface area contributed by atoms with E-state index in [2.05, 4.69) is 125 Å². The van der Waals surface area contributed by atoms with Gasteiger partial charge in [0.25, 0.3) is 0 Å². The van der Waals surface area contributed by atoms with Gasteiger partial charge in [0.05, 0.1) is 0 Å². The maximum Gasteiger partial charge on any atom is 0.673 e. The number of aryl methyl sites for hydroxylation is 2. The van der Waals surface area contributed by atoms with Crippen LogP contribution in [0.15, 0.2) is 134 Å². The van der Waals surface area contributed by atoms with Crippen molar-refractivity contribution < 1.29 is 21.8 Å². The predicted octanol–water partition coefficient (Wildman–Crippen LogP) is 9.34. The van der Waals surface area contributed by atoms with Crippen molar-refractivity contribution in [3.63, 3.8) is 0 Å². The first-order valence-corrected chi connectivity index (χ1v) is 13.7. The summed E-state index contributed by atoms with van der Waals surface area (Å²) in [6.45, 7) is 4.25. The molecule has 214 valence electrons. The number of aromatic nitrogens is 3.